The third-order valence-corrected chi connectivity index (χ3v) is 6.76. The van der Waals surface area contributed by atoms with Crippen LogP contribution in [-0.2, 0) is 23.0 Å². The van der Waals surface area contributed by atoms with Gasteiger partial charge in [-0.1, -0.05) is 18.2 Å². The molecule has 142 valence electrons. The van der Waals surface area contributed by atoms with Crippen molar-refractivity contribution in [1.82, 2.24) is 28.9 Å². The van der Waals surface area contributed by atoms with Gasteiger partial charge in [0.25, 0.3) is 0 Å². The van der Waals surface area contributed by atoms with Gasteiger partial charge in [0.2, 0.25) is 10.0 Å². The number of aryl methyl sites for hydroxylation is 1. The number of nitrogens with zero attached hydrogens (tertiary/aromatic N) is 6. The van der Waals surface area contributed by atoms with Gasteiger partial charge in [0.05, 0.1) is 6.20 Å². The van der Waals surface area contributed by atoms with E-state index in [-0.39, 0.29) is 10.8 Å². The molecule has 1 fully saturated rings. The highest BCUT2D eigenvalue weighted by atomic mass is 32.2. The largest absolute Gasteiger partial charge is 0.286 e. The van der Waals surface area contributed by atoms with Gasteiger partial charge >= 0.3 is 0 Å². The van der Waals surface area contributed by atoms with E-state index in [1.807, 2.05) is 41.8 Å². The van der Waals surface area contributed by atoms with Crippen LogP contribution in [0.25, 0.3) is 5.69 Å². The molecule has 3 heterocycles. The van der Waals surface area contributed by atoms with E-state index in [2.05, 4.69) is 15.3 Å². The molecule has 1 saturated heterocycles. The standard InChI is InChI=1S/C18H22N6O2S/c1-2-22-13-17(11-20-22)27(25,26)23-9-8-15(12-23)10-18-21-19-14-24(18)16-6-4-3-5-7-16/h3-7,11,13-15H,2,8-10,12H2,1H3. The van der Waals surface area contributed by atoms with Gasteiger partial charge in [0, 0.05) is 37.9 Å². The van der Waals surface area contributed by atoms with Crippen molar-refractivity contribution < 1.29 is 8.42 Å². The molecule has 9 heteroatoms. The molecule has 0 N–H and O–H groups in total. The molecule has 3 aromatic rings. The number of sulfonamides is 1. The Morgan fingerprint density at radius 2 is 2.04 bits per heavy atom. The smallest absolute Gasteiger partial charge is 0.246 e. The Morgan fingerprint density at radius 1 is 1.22 bits per heavy atom. The number of aromatic nitrogens is 5. The molecular weight excluding hydrogens is 364 g/mol. The van der Waals surface area contributed by atoms with Crippen LogP contribution in [0, 0.1) is 5.92 Å². The molecule has 0 bridgehead atoms. The lowest BCUT2D eigenvalue weighted by Gasteiger charge is -2.15. The number of rotatable bonds is 6. The van der Waals surface area contributed by atoms with Crippen molar-refractivity contribution in [3.8, 4) is 5.69 Å². The lowest BCUT2D eigenvalue weighted by atomic mass is 10.0. The Labute approximate surface area is 158 Å². The molecule has 0 radical (unpaired) electrons. The Morgan fingerprint density at radius 3 is 2.78 bits per heavy atom. The van der Waals surface area contributed by atoms with Crippen molar-refractivity contribution >= 4 is 10.0 Å². The molecule has 27 heavy (non-hydrogen) atoms. The second kappa shape index (κ2) is 7.24. The van der Waals surface area contributed by atoms with Crippen LogP contribution in [0.3, 0.4) is 0 Å². The van der Waals surface area contributed by atoms with Crippen molar-refractivity contribution in [3.05, 3.63) is 54.9 Å². The molecule has 0 aliphatic carbocycles. The van der Waals surface area contributed by atoms with Gasteiger partial charge in [0.1, 0.15) is 17.0 Å². The summed E-state index contributed by atoms with van der Waals surface area (Å²) in [5.74, 6) is 1.07. The molecule has 8 nitrogen and oxygen atoms in total. The highest BCUT2D eigenvalue weighted by Gasteiger charge is 2.34. The summed E-state index contributed by atoms with van der Waals surface area (Å²) in [7, 11) is -3.49. The molecule has 1 aromatic carbocycles. The first-order chi connectivity index (χ1) is 13.1. The van der Waals surface area contributed by atoms with Crippen molar-refractivity contribution in [1.29, 1.82) is 0 Å². The Bertz CT molecular complexity index is 1010. The maximum Gasteiger partial charge on any atom is 0.246 e. The van der Waals surface area contributed by atoms with Crippen LogP contribution < -0.4 is 0 Å². The molecule has 1 aliphatic rings. The van der Waals surface area contributed by atoms with Crippen LogP contribution in [-0.4, -0.2) is 50.4 Å². The van der Waals surface area contributed by atoms with E-state index in [4.69, 9.17) is 0 Å². The van der Waals surface area contributed by atoms with Crippen LogP contribution in [0.5, 0.6) is 0 Å². The van der Waals surface area contributed by atoms with Crippen LogP contribution >= 0.6 is 0 Å². The first-order valence-corrected chi connectivity index (χ1v) is 10.5. The summed E-state index contributed by atoms with van der Waals surface area (Å²) in [6.07, 6.45) is 6.22. The first kappa shape index (κ1) is 17.9. The van der Waals surface area contributed by atoms with Crippen LogP contribution in [0.4, 0.5) is 0 Å². The topological polar surface area (TPSA) is 85.9 Å². The lowest BCUT2D eigenvalue weighted by Crippen LogP contribution is -2.29. The zero-order chi connectivity index (χ0) is 18.9. The average molecular weight is 386 g/mol. The van der Waals surface area contributed by atoms with Crippen molar-refractivity contribution in [3.63, 3.8) is 0 Å². The quantitative estimate of drug-likeness (QED) is 0.644. The van der Waals surface area contributed by atoms with Crippen LogP contribution in [0.15, 0.2) is 53.9 Å². The minimum absolute atomic E-state index is 0.215. The molecule has 0 spiro atoms. The Kier molecular flexibility index (Phi) is 4.79. The van der Waals surface area contributed by atoms with Gasteiger partial charge in [-0.2, -0.15) is 9.40 Å². The maximum absolute atomic E-state index is 12.8. The summed E-state index contributed by atoms with van der Waals surface area (Å²) in [6.45, 7) is 3.58. The molecule has 2 aromatic heterocycles. The maximum atomic E-state index is 12.8. The molecule has 1 unspecified atom stereocenters. The van der Waals surface area contributed by atoms with E-state index < -0.39 is 10.0 Å². The minimum Gasteiger partial charge on any atom is -0.286 e. The van der Waals surface area contributed by atoms with Gasteiger partial charge in [-0.3, -0.25) is 9.25 Å². The van der Waals surface area contributed by atoms with E-state index in [1.54, 1.807) is 21.5 Å². The molecule has 1 aliphatic heterocycles. The van der Waals surface area contributed by atoms with Gasteiger partial charge in [-0.15, -0.1) is 10.2 Å². The third-order valence-electron chi connectivity index (χ3n) is 4.94. The van der Waals surface area contributed by atoms with Crippen molar-refractivity contribution in [2.24, 2.45) is 5.92 Å². The van der Waals surface area contributed by atoms with E-state index in [0.717, 1.165) is 17.9 Å². The minimum atomic E-state index is -3.49. The predicted molar refractivity (Wildman–Crippen MR) is 99.8 cm³/mol. The highest BCUT2D eigenvalue weighted by Crippen LogP contribution is 2.26. The number of hydrogen-bond donors (Lipinski definition) is 0. The summed E-state index contributed by atoms with van der Waals surface area (Å²) >= 11 is 0. The number of hydrogen-bond acceptors (Lipinski definition) is 5. The van der Waals surface area contributed by atoms with Gasteiger partial charge in [0.15, 0.2) is 0 Å². The predicted octanol–water partition coefficient (Wildman–Crippen LogP) is 1.74. The van der Waals surface area contributed by atoms with Gasteiger partial charge in [-0.25, -0.2) is 8.42 Å². The summed E-state index contributed by atoms with van der Waals surface area (Å²) < 4.78 is 30.8. The van der Waals surface area contributed by atoms with Crippen molar-refractivity contribution in [2.75, 3.05) is 13.1 Å². The summed E-state index contributed by atoms with van der Waals surface area (Å²) in [6, 6.07) is 9.92. The zero-order valence-corrected chi connectivity index (χ0v) is 16.0. The Balaban J connectivity index is 1.47. The summed E-state index contributed by atoms with van der Waals surface area (Å²) in [5, 5.41) is 12.4. The first-order valence-electron chi connectivity index (χ1n) is 9.05. The average Bonchev–Trinajstić information content (AvgIpc) is 3.43. The number of para-hydroxylation sites is 1. The summed E-state index contributed by atoms with van der Waals surface area (Å²) in [5.41, 5.74) is 1.01. The van der Waals surface area contributed by atoms with Crippen LogP contribution in [0.1, 0.15) is 19.2 Å². The van der Waals surface area contributed by atoms with E-state index in [0.29, 0.717) is 26.1 Å². The second-order valence-electron chi connectivity index (χ2n) is 6.71. The lowest BCUT2D eigenvalue weighted by molar-refractivity contribution is 0.452. The molecule has 1 atom stereocenters. The monoisotopic (exact) mass is 386 g/mol. The van der Waals surface area contributed by atoms with Gasteiger partial charge in [-0.05, 0) is 31.4 Å². The molecular formula is C18H22N6O2S. The fourth-order valence-corrected chi connectivity index (χ4v) is 4.93. The van der Waals surface area contributed by atoms with Gasteiger partial charge < -0.3 is 0 Å². The summed E-state index contributed by atoms with van der Waals surface area (Å²) in [4.78, 5) is 0.262. The number of benzene rings is 1. The molecule has 4 rings (SSSR count). The molecule has 0 saturated carbocycles. The van der Waals surface area contributed by atoms with E-state index >= 15 is 0 Å². The van der Waals surface area contributed by atoms with E-state index in [9.17, 15) is 8.42 Å². The SMILES string of the molecule is CCn1cc(S(=O)(=O)N2CCC(Cc3nncn3-c3ccccc3)C2)cn1. The second-order valence-corrected chi connectivity index (χ2v) is 8.64. The normalized spacial score (nSPS) is 18.2. The van der Waals surface area contributed by atoms with Crippen LogP contribution in [0.2, 0.25) is 0 Å². The fraction of sp³-hybridized carbons (Fsp3) is 0.389. The van der Waals surface area contributed by atoms with E-state index in [1.165, 1.54) is 6.20 Å². The third kappa shape index (κ3) is 3.52. The van der Waals surface area contributed by atoms with Crippen molar-refractivity contribution in [2.45, 2.75) is 31.2 Å². The Hall–Kier alpha value is -2.52. The molecule has 0 amide bonds. The highest BCUT2D eigenvalue weighted by molar-refractivity contribution is 7.89. The zero-order valence-electron chi connectivity index (χ0n) is 15.1. The fourth-order valence-electron chi connectivity index (χ4n) is 3.44.